The number of hydrogen-bond acceptors (Lipinski definition) is 3. The average Bonchev–Trinajstić information content (AvgIpc) is 2.75. The van der Waals surface area contributed by atoms with E-state index in [-0.39, 0.29) is 19.0 Å². The van der Waals surface area contributed by atoms with Crippen molar-refractivity contribution in [2.75, 3.05) is 6.54 Å². The number of imidazole rings is 1. The van der Waals surface area contributed by atoms with Gasteiger partial charge < -0.3 is 9.88 Å². The van der Waals surface area contributed by atoms with Gasteiger partial charge in [0.2, 0.25) is 5.91 Å². The number of carbonyl (C=O) groups is 1. The van der Waals surface area contributed by atoms with Crippen molar-refractivity contribution in [2.45, 2.75) is 26.3 Å². The Labute approximate surface area is 111 Å². The summed E-state index contributed by atoms with van der Waals surface area (Å²) in [5, 5.41) is 11.0. The van der Waals surface area contributed by atoms with Gasteiger partial charge in [-0.25, -0.2) is 4.98 Å². The van der Waals surface area contributed by atoms with Gasteiger partial charge in [0, 0.05) is 6.42 Å². The molecule has 0 saturated carbocycles. The molecule has 0 aliphatic carbocycles. The van der Waals surface area contributed by atoms with Crippen LogP contribution in [0.15, 0.2) is 24.3 Å². The number of rotatable bonds is 5. The van der Waals surface area contributed by atoms with Gasteiger partial charge in [-0.15, -0.1) is 0 Å². The Morgan fingerprint density at radius 1 is 1.47 bits per heavy atom. The molecule has 1 heterocycles. The summed E-state index contributed by atoms with van der Waals surface area (Å²) in [6.07, 6.45) is 1.81. The molecule has 0 saturated heterocycles. The van der Waals surface area contributed by atoms with Gasteiger partial charge >= 0.3 is 0 Å². The number of hydrogen-bond donors (Lipinski definition) is 1. The van der Waals surface area contributed by atoms with Crippen molar-refractivity contribution < 1.29 is 4.79 Å². The largest absolute Gasteiger partial charge is 0.341 e. The molecule has 5 nitrogen and oxygen atoms in total. The number of para-hydroxylation sites is 2. The van der Waals surface area contributed by atoms with Crippen LogP contribution in [-0.2, 0) is 17.8 Å². The number of aryl methyl sites for hydroxylation is 1. The predicted octanol–water partition coefficient (Wildman–Crippen LogP) is 1.63. The monoisotopic (exact) mass is 256 g/mol. The van der Waals surface area contributed by atoms with E-state index < -0.39 is 0 Å². The smallest absolute Gasteiger partial charge is 0.240 e. The number of nitrogens with one attached hydrogen (secondary N) is 1. The van der Waals surface area contributed by atoms with E-state index in [1.165, 1.54) is 0 Å². The molecule has 1 aromatic carbocycles. The number of carbonyl (C=O) groups excluding carboxylic acids is 1. The molecule has 0 spiro atoms. The summed E-state index contributed by atoms with van der Waals surface area (Å²) in [7, 11) is 0. The zero-order valence-corrected chi connectivity index (χ0v) is 10.9. The maximum atomic E-state index is 11.8. The zero-order chi connectivity index (χ0) is 13.7. The SMILES string of the molecule is CCCc1nc2ccccc2n1CC(=O)NCC#N. The standard InChI is InChI=1S/C14H16N4O/c1-2-5-13-17-11-6-3-4-7-12(11)18(13)10-14(19)16-9-8-15/h3-4,6-7H,2,5,9-10H2,1H3,(H,16,19). The van der Waals surface area contributed by atoms with Gasteiger partial charge in [-0.1, -0.05) is 19.1 Å². The minimum atomic E-state index is -0.165. The van der Waals surface area contributed by atoms with Crippen molar-refractivity contribution in [3.05, 3.63) is 30.1 Å². The van der Waals surface area contributed by atoms with E-state index >= 15 is 0 Å². The third-order valence-electron chi connectivity index (χ3n) is 2.87. The minimum Gasteiger partial charge on any atom is -0.341 e. The number of fused-ring (bicyclic) bond motifs is 1. The number of benzene rings is 1. The molecule has 1 amide bonds. The summed E-state index contributed by atoms with van der Waals surface area (Å²) in [6.45, 7) is 2.32. The highest BCUT2D eigenvalue weighted by Crippen LogP contribution is 2.16. The number of aromatic nitrogens is 2. The first-order valence-corrected chi connectivity index (χ1v) is 6.34. The molecule has 1 N–H and O–H groups in total. The lowest BCUT2D eigenvalue weighted by atomic mass is 10.3. The second-order valence-corrected chi connectivity index (χ2v) is 4.29. The van der Waals surface area contributed by atoms with E-state index in [9.17, 15) is 4.79 Å². The van der Waals surface area contributed by atoms with E-state index in [0.717, 1.165) is 29.7 Å². The highest BCUT2D eigenvalue weighted by molar-refractivity contribution is 5.81. The van der Waals surface area contributed by atoms with Crippen molar-refractivity contribution in [2.24, 2.45) is 0 Å². The van der Waals surface area contributed by atoms with Crippen molar-refractivity contribution in [1.82, 2.24) is 14.9 Å². The lowest BCUT2D eigenvalue weighted by molar-refractivity contribution is -0.121. The first kappa shape index (κ1) is 13.1. The average molecular weight is 256 g/mol. The highest BCUT2D eigenvalue weighted by atomic mass is 16.1. The molecule has 1 aromatic heterocycles. The van der Waals surface area contributed by atoms with Crippen LogP contribution in [0.5, 0.6) is 0 Å². The Morgan fingerprint density at radius 2 is 2.26 bits per heavy atom. The Bertz CT molecular complexity index is 624. The van der Waals surface area contributed by atoms with Gasteiger partial charge in [-0.2, -0.15) is 5.26 Å². The molecule has 19 heavy (non-hydrogen) atoms. The van der Waals surface area contributed by atoms with Gasteiger partial charge in [-0.05, 0) is 18.6 Å². The van der Waals surface area contributed by atoms with Crippen LogP contribution in [0, 0.1) is 11.3 Å². The summed E-state index contributed by atoms with van der Waals surface area (Å²) in [5.41, 5.74) is 1.86. The van der Waals surface area contributed by atoms with Crippen LogP contribution in [0.4, 0.5) is 0 Å². The van der Waals surface area contributed by atoms with E-state index in [0.29, 0.717) is 0 Å². The Morgan fingerprint density at radius 3 is 3.00 bits per heavy atom. The van der Waals surface area contributed by atoms with Gasteiger partial charge in [0.25, 0.3) is 0 Å². The first-order chi connectivity index (χ1) is 9.26. The lowest BCUT2D eigenvalue weighted by Gasteiger charge is -2.08. The van der Waals surface area contributed by atoms with Crippen molar-refractivity contribution in [1.29, 1.82) is 5.26 Å². The molecule has 0 aliphatic rings. The van der Waals surface area contributed by atoms with Gasteiger partial charge in [-0.3, -0.25) is 4.79 Å². The molecule has 2 rings (SSSR count). The van der Waals surface area contributed by atoms with Crippen LogP contribution >= 0.6 is 0 Å². The van der Waals surface area contributed by atoms with E-state index in [1.54, 1.807) is 0 Å². The maximum absolute atomic E-state index is 11.8. The fourth-order valence-corrected chi connectivity index (χ4v) is 2.05. The van der Waals surface area contributed by atoms with Crippen LogP contribution in [0.3, 0.4) is 0 Å². The Balaban J connectivity index is 2.31. The molecule has 5 heteroatoms. The normalized spacial score (nSPS) is 10.3. The van der Waals surface area contributed by atoms with Gasteiger partial charge in [0.15, 0.2) is 0 Å². The molecule has 0 radical (unpaired) electrons. The number of amides is 1. The number of nitrogens with zero attached hydrogens (tertiary/aromatic N) is 3. The van der Waals surface area contributed by atoms with Crippen LogP contribution in [0.25, 0.3) is 11.0 Å². The second kappa shape index (κ2) is 6.01. The second-order valence-electron chi connectivity index (χ2n) is 4.29. The summed E-state index contributed by atoms with van der Waals surface area (Å²) < 4.78 is 1.92. The van der Waals surface area contributed by atoms with E-state index in [1.807, 2.05) is 34.9 Å². The Hall–Kier alpha value is -2.35. The maximum Gasteiger partial charge on any atom is 0.240 e. The predicted molar refractivity (Wildman–Crippen MR) is 72.4 cm³/mol. The van der Waals surface area contributed by atoms with Gasteiger partial charge in [0.05, 0.1) is 17.1 Å². The highest BCUT2D eigenvalue weighted by Gasteiger charge is 2.12. The van der Waals surface area contributed by atoms with Gasteiger partial charge in [0.1, 0.15) is 18.9 Å². The summed E-state index contributed by atoms with van der Waals surface area (Å²) in [6, 6.07) is 9.67. The molecular formula is C14H16N4O. The van der Waals surface area contributed by atoms with Crippen molar-refractivity contribution in [3.8, 4) is 6.07 Å². The molecule has 0 unspecified atom stereocenters. The third kappa shape index (κ3) is 2.91. The minimum absolute atomic E-state index is 0.0363. The fourth-order valence-electron chi connectivity index (χ4n) is 2.05. The molecule has 0 aliphatic heterocycles. The molecule has 0 atom stereocenters. The van der Waals surface area contributed by atoms with Crippen molar-refractivity contribution in [3.63, 3.8) is 0 Å². The van der Waals surface area contributed by atoms with Crippen molar-refractivity contribution >= 4 is 16.9 Å². The molecular weight excluding hydrogens is 240 g/mol. The lowest BCUT2D eigenvalue weighted by Crippen LogP contribution is -2.28. The quantitative estimate of drug-likeness (QED) is 0.826. The fraction of sp³-hybridized carbons (Fsp3) is 0.357. The van der Waals surface area contributed by atoms with Crippen LogP contribution in [0.2, 0.25) is 0 Å². The van der Waals surface area contributed by atoms with Crippen LogP contribution < -0.4 is 5.32 Å². The Kier molecular flexibility index (Phi) is 4.14. The zero-order valence-electron chi connectivity index (χ0n) is 10.9. The summed E-state index contributed by atoms with van der Waals surface area (Å²) in [5.74, 6) is 0.748. The molecule has 0 fully saturated rings. The van der Waals surface area contributed by atoms with E-state index in [2.05, 4.69) is 17.2 Å². The first-order valence-electron chi connectivity index (χ1n) is 6.34. The van der Waals surface area contributed by atoms with Crippen LogP contribution in [0.1, 0.15) is 19.2 Å². The molecule has 2 aromatic rings. The summed E-state index contributed by atoms with van der Waals surface area (Å²) in [4.78, 5) is 16.3. The summed E-state index contributed by atoms with van der Waals surface area (Å²) >= 11 is 0. The number of nitriles is 1. The molecule has 0 bridgehead atoms. The topological polar surface area (TPSA) is 70.7 Å². The van der Waals surface area contributed by atoms with E-state index in [4.69, 9.17) is 5.26 Å². The molecule has 98 valence electrons. The van der Waals surface area contributed by atoms with Crippen LogP contribution in [-0.4, -0.2) is 22.0 Å². The third-order valence-corrected chi connectivity index (χ3v) is 2.87.